The molecule has 10 heteroatoms. The molecule has 4 nitrogen and oxygen atoms in total. The largest absolute Gasteiger partial charge is 0.573 e. The van der Waals surface area contributed by atoms with Crippen LogP contribution in [0.1, 0.15) is 5.56 Å². The van der Waals surface area contributed by atoms with Crippen LogP contribution in [0.15, 0.2) is 21.5 Å². The molecule has 1 rings (SSSR count). The van der Waals surface area contributed by atoms with Crippen molar-refractivity contribution in [3.8, 4) is 11.8 Å². The second-order valence-electron chi connectivity index (χ2n) is 2.85. The number of hydrogen-bond acceptors (Lipinski definition) is 4. The van der Waals surface area contributed by atoms with E-state index in [2.05, 4.69) is 20.7 Å². The van der Waals surface area contributed by atoms with Crippen molar-refractivity contribution in [2.24, 2.45) is 0 Å². The van der Waals surface area contributed by atoms with Crippen LogP contribution < -0.4 is 4.74 Å². The molecule has 0 bridgehead atoms. The molecule has 0 amide bonds. The molecule has 0 saturated heterocycles. The highest BCUT2D eigenvalue weighted by molar-refractivity contribution is 9.10. The fourth-order valence-corrected chi connectivity index (χ4v) is 3.53. The van der Waals surface area contributed by atoms with Crippen molar-refractivity contribution >= 4 is 35.7 Å². The van der Waals surface area contributed by atoms with Crippen molar-refractivity contribution in [2.75, 3.05) is 0 Å². The van der Waals surface area contributed by atoms with Gasteiger partial charge in [-0.25, -0.2) is 8.42 Å². The van der Waals surface area contributed by atoms with Gasteiger partial charge in [0.25, 0.3) is 9.05 Å². The van der Waals surface area contributed by atoms with Crippen molar-refractivity contribution in [3.05, 3.63) is 22.2 Å². The second-order valence-corrected chi connectivity index (χ2v) is 6.15. The van der Waals surface area contributed by atoms with Crippen LogP contribution in [0.2, 0.25) is 0 Å². The van der Waals surface area contributed by atoms with Gasteiger partial charge in [-0.1, -0.05) is 0 Å². The molecule has 0 aliphatic carbocycles. The zero-order chi connectivity index (χ0) is 14.1. The highest BCUT2D eigenvalue weighted by atomic mass is 79.9. The minimum absolute atomic E-state index is 0.191. The van der Waals surface area contributed by atoms with Gasteiger partial charge < -0.3 is 4.74 Å². The van der Waals surface area contributed by atoms with Crippen LogP contribution in [0, 0.1) is 11.3 Å². The first-order valence-electron chi connectivity index (χ1n) is 3.99. The molecule has 0 aromatic heterocycles. The van der Waals surface area contributed by atoms with Crippen LogP contribution in [0.4, 0.5) is 13.2 Å². The summed E-state index contributed by atoms with van der Waals surface area (Å²) in [6.07, 6.45) is -5.08. The highest BCUT2D eigenvalue weighted by Crippen LogP contribution is 2.38. The SMILES string of the molecule is N#Cc1ccc(OC(F)(F)F)c(S(=O)(=O)Cl)c1Br. The van der Waals surface area contributed by atoms with Gasteiger partial charge in [-0.05, 0) is 28.1 Å². The molecule has 98 valence electrons. The van der Waals surface area contributed by atoms with Gasteiger partial charge in [0.15, 0.2) is 5.75 Å². The number of benzene rings is 1. The van der Waals surface area contributed by atoms with E-state index in [1.165, 1.54) is 0 Å². The molecule has 0 radical (unpaired) electrons. The maximum absolute atomic E-state index is 12.1. The minimum atomic E-state index is -5.08. The van der Waals surface area contributed by atoms with Crippen LogP contribution in [-0.2, 0) is 9.05 Å². The van der Waals surface area contributed by atoms with Crippen LogP contribution in [0.25, 0.3) is 0 Å². The molecular weight excluding hydrogens is 363 g/mol. The fourth-order valence-electron chi connectivity index (χ4n) is 1.06. The molecule has 0 spiro atoms. The van der Waals surface area contributed by atoms with Gasteiger partial charge in [-0.2, -0.15) is 5.26 Å². The first-order chi connectivity index (χ1) is 8.06. The van der Waals surface area contributed by atoms with E-state index in [4.69, 9.17) is 15.9 Å². The fraction of sp³-hybridized carbons (Fsp3) is 0.125. The molecule has 0 saturated carbocycles. The van der Waals surface area contributed by atoms with E-state index in [0.29, 0.717) is 6.07 Å². The molecule has 1 aromatic carbocycles. The summed E-state index contributed by atoms with van der Waals surface area (Å²) in [5.41, 5.74) is -0.191. The summed E-state index contributed by atoms with van der Waals surface area (Å²) in [5, 5.41) is 8.65. The molecule has 0 N–H and O–H groups in total. The first-order valence-corrected chi connectivity index (χ1v) is 7.09. The standard InChI is InChI=1S/C8H2BrClF3NO3S/c9-6-4(3-14)1-2-5(17-8(11,12)13)7(6)18(10,15)16/h1-2H. The van der Waals surface area contributed by atoms with Gasteiger partial charge in [0.1, 0.15) is 11.0 Å². The summed E-state index contributed by atoms with van der Waals surface area (Å²) < 4.78 is 61.8. The normalized spacial score (nSPS) is 12.0. The van der Waals surface area contributed by atoms with Crippen LogP contribution in [0.3, 0.4) is 0 Å². The summed E-state index contributed by atoms with van der Waals surface area (Å²) in [5.74, 6) is -1.01. The summed E-state index contributed by atoms with van der Waals surface area (Å²) in [4.78, 5) is -0.944. The molecular formula is C8H2BrClF3NO3S. The van der Waals surface area contributed by atoms with E-state index in [1.807, 2.05) is 0 Å². The third-order valence-electron chi connectivity index (χ3n) is 1.65. The predicted molar refractivity (Wildman–Crippen MR) is 58.6 cm³/mol. The van der Waals surface area contributed by atoms with Crippen molar-refractivity contribution in [1.82, 2.24) is 0 Å². The van der Waals surface area contributed by atoms with Crippen LogP contribution in [-0.4, -0.2) is 14.8 Å². The quantitative estimate of drug-likeness (QED) is 0.756. The zero-order valence-electron chi connectivity index (χ0n) is 8.12. The Hall–Kier alpha value is -0.980. The van der Waals surface area contributed by atoms with E-state index in [1.54, 1.807) is 6.07 Å². The highest BCUT2D eigenvalue weighted by Gasteiger charge is 2.35. The maximum Gasteiger partial charge on any atom is 0.573 e. The number of hydrogen-bond donors (Lipinski definition) is 0. The van der Waals surface area contributed by atoms with E-state index in [9.17, 15) is 21.6 Å². The third-order valence-corrected chi connectivity index (χ3v) is 4.09. The van der Waals surface area contributed by atoms with E-state index in [-0.39, 0.29) is 10.0 Å². The molecule has 0 atom stereocenters. The first kappa shape index (κ1) is 15.1. The number of halogens is 5. The van der Waals surface area contributed by atoms with Crippen molar-refractivity contribution in [1.29, 1.82) is 5.26 Å². The Labute approximate surface area is 112 Å². The van der Waals surface area contributed by atoms with E-state index < -0.39 is 26.1 Å². The Morgan fingerprint density at radius 2 is 1.94 bits per heavy atom. The lowest BCUT2D eigenvalue weighted by Gasteiger charge is -2.13. The smallest absolute Gasteiger partial charge is 0.404 e. The Morgan fingerprint density at radius 3 is 2.33 bits per heavy atom. The van der Waals surface area contributed by atoms with Crippen molar-refractivity contribution in [3.63, 3.8) is 0 Å². The number of rotatable bonds is 2. The summed E-state index contributed by atoms with van der Waals surface area (Å²) >= 11 is 2.70. The minimum Gasteiger partial charge on any atom is -0.404 e. The Balaban J connectivity index is 3.56. The maximum atomic E-state index is 12.1. The van der Waals surface area contributed by atoms with Crippen molar-refractivity contribution < 1.29 is 26.3 Å². The lowest BCUT2D eigenvalue weighted by atomic mass is 10.2. The van der Waals surface area contributed by atoms with E-state index >= 15 is 0 Å². The molecule has 0 heterocycles. The van der Waals surface area contributed by atoms with E-state index in [0.717, 1.165) is 6.07 Å². The molecule has 0 aliphatic heterocycles. The second kappa shape index (κ2) is 4.95. The zero-order valence-corrected chi connectivity index (χ0v) is 11.3. The topological polar surface area (TPSA) is 67.2 Å². The lowest BCUT2D eigenvalue weighted by molar-refractivity contribution is -0.275. The molecule has 1 aromatic rings. The summed E-state index contributed by atoms with van der Waals surface area (Å²) in [6, 6.07) is 3.26. The summed E-state index contributed by atoms with van der Waals surface area (Å²) in [6.45, 7) is 0. The van der Waals surface area contributed by atoms with Gasteiger partial charge in [-0.3, -0.25) is 0 Å². The Kier molecular flexibility index (Phi) is 4.15. The molecule has 0 fully saturated rings. The molecule has 18 heavy (non-hydrogen) atoms. The summed E-state index contributed by atoms with van der Waals surface area (Å²) in [7, 11) is 0.492. The molecule has 0 unspecified atom stereocenters. The predicted octanol–water partition coefficient (Wildman–Crippen LogP) is 3.15. The van der Waals surface area contributed by atoms with Gasteiger partial charge in [0.2, 0.25) is 0 Å². The van der Waals surface area contributed by atoms with Gasteiger partial charge in [0, 0.05) is 10.7 Å². The lowest BCUT2D eigenvalue weighted by Crippen LogP contribution is -2.18. The van der Waals surface area contributed by atoms with Crippen molar-refractivity contribution in [2.45, 2.75) is 11.3 Å². The van der Waals surface area contributed by atoms with Gasteiger partial charge in [0.05, 0.1) is 10.0 Å². The van der Waals surface area contributed by atoms with Gasteiger partial charge >= 0.3 is 6.36 Å². The average molecular weight is 365 g/mol. The average Bonchev–Trinajstić information content (AvgIpc) is 2.13. The third kappa shape index (κ3) is 3.51. The Bertz CT molecular complexity index is 624. The van der Waals surface area contributed by atoms with Crippen LogP contribution in [0.5, 0.6) is 5.75 Å². The number of alkyl halides is 3. The van der Waals surface area contributed by atoms with Gasteiger partial charge in [-0.15, -0.1) is 13.2 Å². The number of nitriles is 1. The monoisotopic (exact) mass is 363 g/mol. The van der Waals surface area contributed by atoms with Crippen LogP contribution >= 0.6 is 26.6 Å². The Morgan fingerprint density at radius 1 is 1.39 bits per heavy atom. The number of ether oxygens (including phenoxy) is 1. The molecule has 0 aliphatic rings. The number of nitrogens with zero attached hydrogens (tertiary/aromatic N) is 1.